The number of unbranched alkanes of at least 4 members (excludes halogenated alkanes) is 1. The zero-order valence-corrected chi connectivity index (χ0v) is 31.3. The molecule has 0 aliphatic rings. The van der Waals surface area contributed by atoms with Gasteiger partial charge in [0.15, 0.2) is 9.84 Å². The summed E-state index contributed by atoms with van der Waals surface area (Å²) in [7, 11) is -2.87. The van der Waals surface area contributed by atoms with Gasteiger partial charge in [-0.05, 0) is 69.7 Å². The van der Waals surface area contributed by atoms with Gasteiger partial charge in [-0.3, -0.25) is 0 Å². The van der Waals surface area contributed by atoms with Crippen molar-refractivity contribution < 1.29 is 8.42 Å². The van der Waals surface area contributed by atoms with E-state index in [9.17, 15) is 8.42 Å². The first-order valence-electron chi connectivity index (χ1n) is 15.1. The molecule has 0 atom stereocenters. The van der Waals surface area contributed by atoms with E-state index in [-0.39, 0.29) is 46.3 Å². The second-order valence-electron chi connectivity index (χ2n) is 18.7. The Morgan fingerprint density at radius 1 is 0.429 bits per heavy atom. The molecule has 2 nitrogen and oxygen atoms in total. The summed E-state index contributed by atoms with van der Waals surface area (Å²) in [4.78, 5) is 0. The van der Waals surface area contributed by atoms with Crippen LogP contribution in [0.3, 0.4) is 0 Å². The fraction of sp³-hybridized carbons (Fsp3) is 1.00. The Kier molecular flexibility index (Phi) is 32.5. The molecule has 0 fully saturated rings. The lowest BCUT2D eigenvalue weighted by Crippen LogP contribution is -2.25. The van der Waals surface area contributed by atoms with Crippen LogP contribution in [0.25, 0.3) is 0 Å². The first kappa shape index (κ1) is 57.9. The molecule has 0 amide bonds. The van der Waals surface area contributed by atoms with Crippen molar-refractivity contribution in [2.75, 3.05) is 23.0 Å². The minimum atomic E-state index is -2.87. The lowest BCUT2D eigenvalue weighted by Gasteiger charge is -2.21. The van der Waals surface area contributed by atoms with Crippen molar-refractivity contribution in [3.8, 4) is 0 Å². The molecule has 0 radical (unpaired) electrons. The Balaban J connectivity index is -0.0000000838. The minimum absolute atomic E-state index is 0. The molecule has 0 saturated heterocycles. The monoisotopic (exact) mass is 643 g/mol. The second-order valence-corrected chi connectivity index (χ2v) is 22.0. The quantitative estimate of drug-likeness (QED) is 0.235. The summed E-state index contributed by atoms with van der Waals surface area (Å²) in [5.74, 6) is 3.19. The molecule has 0 bridgehead atoms. The van der Waals surface area contributed by atoms with Crippen LogP contribution in [-0.4, -0.2) is 31.4 Å². The third-order valence-corrected chi connectivity index (χ3v) is 9.15. The number of rotatable bonds is 9. The molecule has 0 aromatic rings. The summed E-state index contributed by atoms with van der Waals surface area (Å²) in [6.45, 7) is 39.9. The fourth-order valence-electron chi connectivity index (χ4n) is 3.26. The fourth-order valence-corrected chi connectivity index (χ4v) is 7.16. The van der Waals surface area contributed by atoms with Gasteiger partial charge < -0.3 is 0 Å². The molecule has 0 heterocycles. The smallest absolute Gasteiger partial charge is 0.150 e. The van der Waals surface area contributed by atoms with Crippen molar-refractivity contribution in [1.29, 1.82) is 0 Å². The van der Waals surface area contributed by atoms with E-state index in [1.165, 1.54) is 43.6 Å². The summed E-state index contributed by atoms with van der Waals surface area (Å²) < 4.78 is 23.4. The molecule has 0 aromatic heterocycles. The van der Waals surface area contributed by atoms with Crippen LogP contribution in [0.15, 0.2) is 0 Å². The van der Waals surface area contributed by atoms with Crippen LogP contribution in [0.2, 0.25) is 0 Å². The summed E-state index contributed by atoms with van der Waals surface area (Å²) in [6, 6.07) is 0. The SMILES string of the molecule is C.C.C.C.CC(C)(C)CCCCC(C)(C)C.CC(C)(C)CCS(=O)(=O)CC(C)(C)C.CC(C)(C)CCSCC(C)(C)C. The van der Waals surface area contributed by atoms with E-state index in [0.29, 0.717) is 27.4 Å². The Hall–Kier alpha value is 0.300. The highest BCUT2D eigenvalue weighted by atomic mass is 32.2. The number of sulfone groups is 1. The summed E-state index contributed by atoms with van der Waals surface area (Å²) in [5, 5.41) is 0. The molecule has 0 aliphatic carbocycles. The number of hydrogen-bond donors (Lipinski definition) is 0. The molecule has 0 N–H and O–H groups in total. The van der Waals surface area contributed by atoms with Crippen LogP contribution >= 0.6 is 11.8 Å². The topological polar surface area (TPSA) is 34.1 Å². The number of thioether (sulfide) groups is 1. The van der Waals surface area contributed by atoms with Crippen molar-refractivity contribution in [1.82, 2.24) is 0 Å². The van der Waals surface area contributed by atoms with E-state index in [2.05, 4.69) is 116 Å². The van der Waals surface area contributed by atoms with Gasteiger partial charge in [0.1, 0.15) is 0 Å². The molecule has 266 valence electrons. The second kappa shape index (κ2) is 23.6. The first-order chi connectivity index (χ1) is 16.3. The van der Waals surface area contributed by atoms with Crippen molar-refractivity contribution in [3.05, 3.63) is 0 Å². The average molecular weight is 643 g/mol. The van der Waals surface area contributed by atoms with Gasteiger partial charge in [0, 0.05) is 0 Å². The molecule has 0 aromatic carbocycles. The van der Waals surface area contributed by atoms with Gasteiger partial charge in [-0.1, -0.05) is 167 Å². The molecule has 0 spiro atoms. The Morgan fingerprint density at radius 3 is 0.976 bits per heavy atom. The van der Waals surface area contributed by atoms with Gasteiger partial charge >= 0.3 is 0 Å². The van der Waals surface area contributed by atoms with Gasteiger partial charge in [-0.25, -0.2) is 8.42 Å². The van der Waals surface area contributed by atoms with Crippen molar-refractivity contribution in [3.63, 3.8) is 0 Å². The molecular formula is C38H90O2S2. The average Bonchev–Trinajstić information content (AvgIpc) is 2.57. The van der Waals surface area contributed by atoms with Gasteiger partial charge in [-0.2, -0.15) is 11.8 Å². The molecular weight excluding hydrogens is 553 g/mol. The highest BCUT2D eigenvalue weighted by molar-refractivity contribution is 7.99. The van der Waals surface area contributed by atoms with Gasteiger partial charge in [0.2, 0.25) is 0 Å². The third-order valence-electron chi connectivity index (χ3n) is 5.45. The summed E-state index contributed by atoms with van der Waals surface area (Å²) in [6.07, 6.45) is 7.58. The Labute approximate surface area is 277 Å². The van der Waals surface area contributed by atoms with Crippen molar-refractivity contribution in [2.24, 2.45) is 32.5 Å². The van der Waals surface area contributed by atoms with E-state index < -0.39 is 9.84 Å². The van der Waals surface area contributed by atoms with Crippen LogP contribution in [0, 0.1) is 32.5 Å². The van der Waals surface area contributed by atoms with Crippen molar-refractivity contribution in [2.45, 2.75) is 193 Å². The van der Waals surface area contributed by atoms with Gasteiger partial charge in [0.05, 0.1) is 11.5 Å². The van der Waals surface area contributed by atoms with E-state index in [1.807, 2.05) is 20.8 Å². The molecule has 4 heteroatoms. The Bertz CT molecular complexity index is 614. The van der Waals surface area contributed by atoms with Crippen LogP contribution < -0.4 is 0 Å². The summed E-state index contributed by atoms with van der Waals surface area (Å²) in [5.41, 5.74) is 2.02. The third kappa shape index (κ3) is 63.5. The van der Waals surface area contributed by atoms with E-state index >= 15 is 0 Å². The zero-order chi connectivity index (χ0) is 31.3. The predicted octanol–water partition coefficient (Wildman–Crippen LogP) is 14.3. The lowest BCUT2D eigenvalue weighted by molar-refractivity contribution is 0.318. The lowest BCUT2D eigenvalue weighted by atomic mass is 9.85. The molecule has 0 rings (SSSR count). The number of hydrogen-bond acceptors (Lipinski definition) is 3. The molecule has 0 aliphatic heterocycles. The van der Waals surface area contributed by atoms with Crippen LogP contribution in [0.4, 0.5) is 0 Å². The van der Waals surface area contributed by atoms with E-state index in [1.54, 1.807) is 0 Å². The maximum atomic E-state index is 11.7. The summed E-state index contributed by atoms with van der Waals surface area (Å²) >= 11 is 2.09. The minimum Gasteiger partial charge on any atom is -0.229 e. The highest BCUT2D eigenvalue weighted by Gasteiger charge is 2.23. The predicted molar refractivity (Wildman–Crippen MR) is 207 cm³/mol. The van der Waals surface area contributed by atoms with E-state index in [4.69, 9.17) is 0 Å². The maximum absolute atomic E-state index is 11.7. The largest absolute Gasteiger partial charge is 0.229 e. The normalized spacial score (nSPS) is 12.5. The standard InChI is InChI=1S/C12H26.C11H24O2S.C11H24S.4CH4/c1-11(2,3)9-7-8-10-12(4,5)6;1-10(2,3)7-8-14(12,13)9-11(4,5)6;1-10(2,3)7-8-12-9-11(4,5)6;;;;/h7-10H2,1-6H3;7-9H2,1-6H3;7-9H2,1-6H3;4*1H4. The van der Waals surface area contributed by atoms with Crippen molar-refractivity contribution >= 4 is 21.6 Å². The van der Waals surface area contributed by atoms with Gasteiger partial charge in [-0.15, -0.1) is 0 Å². The highest BCUT2D eigenvalue weighted by Crippen LogP contribution is 2.27. The zero-order valence-electron chi connectivity index (χ0n) is 29.7. The van der Waals surface area contributed by atoms with Gasteiger partial charge in [0.25, 0.3) is 0 Å². The maximum Gasteiger partial charge on any atom is 0.150 e. The Morgan fingerprint density at radius 2 is 0.738 bits per heavy atom. The molecule has 0 unspecified atom stereocenters. The van der Waals surface area contributed by atoms with E-state index in [0.717, 1.165) is 6.42 Å². The van der Waals surface area contributed by atoms with Crippen LogP contribution in [-0.2, 0) is 9.84 Å². The molecule has 0 saturated carbocycles. The van der Waals surface area contributed by atoms with Crippen LogP contribution in [0.1, 0.15) is 193 Å². The van der Waals surface area contributed by atoms with Crippen LogP contribution in [0.5, 0.6) is 0 Å². The molecule has 42 heavy (non-hydrogen) atoms. The first-order valence-corrected chi connectivity index (χ1v) is 18.1.